The normalized spacial score (nSPS) is 14.3. The lowest BCUT2D eigenvalue weighted by Crippen LogP contribution is -2.47. The summed E-state index contributed by atoms with van der Waals surface area (Å²) in [5, 5.41) is 0.153. The van der Waals surface area contributed by atoms with Gasteiger partial charge in [-0.25, -0.2) is 0 Å². The third kappa shape index (κ3) is 3.88. The summed E-state index contributed by atoms with van der Waals surface area (Å²) in [5.74, 6) is 0. The van der Waals surface area contributed by atoms with Gasteiger partial charge in [0.2, 0.25) is 0 Å². The molecule has 0 aliphatic carbocycles. The van der Waals surface area contributed by atoms with Gasteiger partial charge < -0.3 is 19.9 Å². The van der Waals surface area contributed by atoms with Gasteiger partial charge in [-0.15, -0.1) is 0 Å². The van der Waals surface area contributed by atoms with Crippen LogP contribution in [0.4, 0.5) is 0 Å². The molecule has 1 atom stereocenters. The highest BCUT2D eigenvalue weighted by Crippen LogP contribution is 2.37. The zero-order valence-corrected chi connectivity index (χ0v) is 15.1. The molecule has 0 spiro atoms. The summed E-state index contributed by atoms with van der Waals surface area (Å²) in [7, 11) is -1.85. The average Bonchev–Trinajstić information content (AvgIpc) is 2.84. The van der Waals surface area contributed by atoms with E-state index < -0.39 is 8.32 Å². The molecule has 2 aromatic rings. The number of benzene rings is 1. The maximum atomic E-state index is 6.29. The van der Waals surface area contributed by atoms with E-state index in [1.807, 2.05) is 24.3 Å². The summed E-state index contributed by atoms with van der Waals surface area (Å²) in [6.07, 6.45) is -0.117. The molecule has 0 amide bonds. The fourth-order valence-electron chi connectivity index (χ4n) is 1.91. The molecule has 1 heterocycles. The summed E-state index contributed by atoms with van der Waals surface area (Å²) >= 11 is 0. The molecule has 0 radical (unpaired) electrons. The van der Waals surface area contributed by atoms with E-state index >= 15 is 0 Å². The first-order valence-corrected chi connectivity index (χ1v) is 10.6. The Labute approximate surface area is 133 Å². The molecule has 1 unspecified atom stereocenters. The fraction of sp³-hybridized carbons (Fsp3) is 0.562. The fourth-order valence-corrected chi connectivity index (χ4v) is 3.26. The molecule has 0 saturated heterocycles. The molecule has 1 aromatic heterocycles. The van der Waals surface area contributed by atoms with Crippen molar-refractivity contribution < 1.29 is 9.16 Å². The molecular weight excluding hydrogens is 294 g/mol. The van der Waals surface area contributed by atoms with Gasteiger partial charge in [-0.3, -0.25) is 0 Å². The van der Waals surface area contributed by atoms with Crippen molar-refractivity contribution in [2.75, 3.05) is 13.2 Å². The number of nitrogens with two attached hydrogens (primary N) is 1. The molecule has 5 nitrogen and oxygen atoms in total. The summed E-state index contributed by atoms with van der Waals surface area (Å²) in [4.78, 5) is 7.55. The Kier molecular flexibility index (Phi) is 4.94. The van der Waals surface area contributed by atoms with Crippen LogP contribution in [0.15, 0.2) is 24.3 Å². The number of H-pyrrole nitrogens is 1. The van der Waals surface area contributed by atoms with Gasteiger partial charge in [0.05, 0.1) is 17.1 Å². The van der Waals surface area contributed by atoms with Crippen molar-refractivity contribution in [2.45, 2.75) is 45.0 Å². The molecule has 6 heteroatoms. The molecule has 0 bridgehead atoms. The van der Waals surface area contributed by atoms with Crippen molar-refractivity contribution in [3.05, 3.63) is 24.3 Å². The number of hydrogen-bond acceptors (Lipinski definition) is 4. The van der Waals surface area contributed by atoms with Crippen molar-refractivity contribution in [1.29, 1.82) is 0 Å². The summed E-state index contributed by atoms with van der Waals surface area (Å²) in [6.45, 7) is 11.9. The van der Waals surface area contributed by atoms with E-state index in [-0.39, 0.29) is 11.1 Å². The number of ether oxygens (including phenoxy) is 1. The number of aromatic nitrogens is 2. The first-order chi connectivity index (χ1) is 10.2. The molecule has 3 N–H and O–H groups in total. The van der Waals surface area contributed by atoms with Gasteiger partial charge in [-0.05, 0) is 30.3 Å². The van der Waals surface area contributed by atoms with Crippen molar-refractivity contribution in [1.82, 2.24) is 9.97 Å². The Balaban J connectivity index is 1.99. The van der Waals surface area contributed by atoms with E-state index in [0.717, 1.165) is 11.0 Å². The summed E-state index contributed by atoms with van der Waals surface area (Å²) in [6, 6.07) is 8.36. The minimum absolute atomic E-state index is 0.117. The van der Waals surface area contributed by atoms with Crippen molar-refractivity contribution in [3.8, 4) is 6.01 Å². The van der Waals surface area contributed by atoms with Gasteiger partial charge in [-0.1, -0.05) is 32.9 Å². The van der Waals surface area contributed by atoms with E-state index in [4.69, 9.17) is 14.9 Å². The van der Waals surface area contributed by atoms with Crippen LogP contribution < -0.4 is 10.5 Å². The Bertz CT molecular complexity index is 586. The van der Waals surface area contributed by atoms with Crippen LogP contribution in [0, 0.1) is 0 Å². The lowest BCUT2D eigenvalue weighted by atomic mass is 10.2. The van der Waals surface area contributed by atoms with Gasteiger partial charge in [0.15, 0.2) is 8.32 Å². The smallest absolute Gasteiger partial charge is 0.294 e. The lowest BCUT2D eigenvalue weighted by Gasteiger charge is -2.38. The van der Waals surface area contributed by atoms with Crippen LogP contribution in [0.1, 0.15) is 20.8 Å². The van der Waals surface area contributed by atoms with Crippen LogP contribution in [0.2, 0.25) is 18.1 Å². The Morgan fingerprint density at radius 1 is 1.27 bits per heavy atom. The minimum Gasteiger partial charge on any atom is -0.462 e. The Morgan fingerprint density at radius 3 is 2.55 bits per heavy atom. The van der Waals surface area contributed by atoms with E-state index in [2.05, 4.69) is 43.8 Å². The summed E-state index contributed by atoms with van der Waals surface area (Å²) < 4.78 is 12.0. The molecule has 0 saturated carbocycles. The number of hydrogen-bond donors (Lipinski definition) is 2. The third-order valence-corrected chi connectivity index (χ3v) is 8.84. The van der Waals surface area contributed by atoms with Gasteiger partial charge in [0.25, 0.3) is 6.01 Å². The zero-order valence-electron chi connectivity index (χ0n) is 14.1. The predicted octanol–water partition coefficient (Wildman–Crippen LogP) is 3.29. The second-order valence-corrected chi connectivity index (χ2v) is 11.9. The average molecular weight is 321 g/mol. The number of rotatable bonds is 6. The van der Waals surface area contributed by atoms with Crippen molar-refractivity contribution >= 4 is 19.4 Å². The molecule has 1 aromatic carbocycles. The second-order valence-electron chi connectivity index (χ2n) is 7.11. The largest absolute Gasteiger partial charge is 0.462 e. The first-order valence-electron chi connectivity index (χ1n) is 7.68. The van der Waals surface area contributed by atoms with Gasteiger partial charge in [-0.2, -0.15) is 4.98 Å². The monoisotopic (exact) mass is 321 g/mol. The van der Waals surface area contributed by atoms with E-state index in [1.54, 1.807) is 0 Å². The highest BCUT2D eigenvalue weighted by Gasteiger charge is 2.39. The maximum Gasteiger partial charge on any atom is 0.294 e. The third-order valence-electron chi connectivity index (χ3n) is 4.30. The van der Waals surface area contributed by atoms with Crippen LogP contribution in [-0.2, 0) is 4.43 Å². The quantitative estimate of drug-likeness (QED) is 0.801. The number of aromatic amines is 1. The molecular formula is C16H27N3O2Si. The highest BCUT2D eigenvalue weighted by molar-refractivity contribution is 6.74. The van der Waals surface area contributed by atoms with Gasteiger partial charge in [0.1, 0.15) is 6.61 Å². The second kappa shape index (κ2) is 6.40. The van der Waals surface area contributed by atoms with Gasteiger partial charge >= 0.3 is 0 Å². The predicted molar refractivity (Wildman–Crippen MR) is 92.7 cm³/mol. The first kappa shape index (κ1) is 17.0. The van der Waals surface area contributed by atoms with Crippen molar-refractivity contribution in [3.63, 3.8) is 0 Å². The molecule has 2 rings (SSSR count). The highest BCUT2D eigenvalue weighted by atomic mass is 28.4. The van der Waals surface area contributed by atoms with Gasteiger partial charge in [0, 0.05) is 6.54 Å². The number of nitrogens with one attached hydrogen (secondary N) is 1. The number of nitrogens with zero attached hydrogens (tertiary/aromatic N) is 1. The number of para-hydroxylation sites is 2. The molecule has 22 heavy (non-hydrogen) atoms. The Hall–Kier alpha value is -1.37. The molecule has 0 fully saturated rings. The molecule has 122 valence electrons. The number of fused-ring (bicyclic) bond motifs is 1. The van der Waals surface area contributed by atoms with Crippen LogP contribution in [-0.4, -0.2) is 37.5 Å². The van der Waals surface area contributed by atoms with E-state index in [0.29, 0.717) is 19.2 Å². The lowest BCUT2D eigenvalue weighted by molar-refractivity contribution is 0.116. The van der Waals surface area contributed by atoms with Crippen LogP contribution in [0.25, 0.3) is 11.0 Å². The standard InChI is InChI=1S/C16H27N3O2Si/c1-16(2,3)22(4,5)21-12(10-17)11-20-15-18-13-8-6-7-9-14(13)19-15/h6-9,12H,10-11,17H2,1-5H3,(H,18,19). The zero-order chi connectivity index (χ0) is 16.4. The van der Waals surface area contributed by atoms with E-state index in [9.17, 15) is 0 Å². The van der Waals surface area contributed by atoms with Crippen LogP contribution in [0.3, 0.4) is 0 Å². The molecule has 0 aliphatic rings. The Morgan fingerprint density at radius 2 is 1.95 bits per heavy atom. The van der Waals surface area contributed by atoms with Crippen LogP contribution >= 0.6 is 0 Å². The van der Waals surface area contributed by atoms with Crippen molar-refractivity contribution in [2.24, 2.45) is 5.73 Å². The maximum absolute atomic E-state index is 6.29. The minimum atomic E-state index is -1.85. The SMILES string of the molecule is CC(C)(C)[Si](C)(C)OC(CN)COc1nc2ccccc2[nH]1. The molecule has 0 aliphatic heterocycles. The van der Waals surface area contributed by atoms with E-state index in [1.165, 1.54) is 0 Å². The van der Waals surface area contributed by atoms with Crippen LogP contribution in [0.5, 0.6) is 6.01 Å². The summed E-state index contributed by atoms with van der Waals surface area (Å²) in [5.41, 5.74) is 7.71. The topological polar surface area (TPSA) is 73.2 Å². The number of imidazole rings is 1.